The highest BCUT2D eigenvalue weighted by Crippen LogP contribution is 2.46. The Hall–Kier alpha value is -0.620. The van der Waals surface area contributed by atoms with E-state index in [1.165, 1.54) is 11.3 Å². The number of alkyl carbamates (subject to hydrolysis) is 1. The van der Waals surface area contributed by atoms with Crippen LogP contribution in [0.2, 0.25) is 0 Å². The Kier molecular flexibility index (Phi) is 3.20. The molecule has 1 aliphatic carbocycles. The highest BCUT2D eigenvalue weighted by molar-refractivity contribution is 9.11. The monoisotopic (exact) mass is 318 g/mol. The first kappa shape index (κ1) is 12.8. The summed E-state index contributed by atoms with van der Waals surface area (Å²) in [5.41, 5.74) is 0.147. The number of hydrogen-bond donors (Lipinski definition) is 1. The van der Waals surface area contributed by atoms with Crippen molar-refractivity contribution in [1.29, 1.82) is 0 Å². The van der Waals surface area contributed by atoms with Crippen LogP contribution < -0.4 is 5.32 Å². The van der Waals surface area contributed by atoms with Gasteiger partial charge in [-0.3, -0.25) is 0 Å². The summed E-state index contributed by atoms with van der Waals surface area (Å²) >= 11 is 4.86. The summed E-state index contributed by atoms with van der Waals surface area (Å²) in [5, 5.41) is 4.88. The number of amides is 1. The Labute approximate surface area is 113 Å². The zero-order chi connectivity index (χ0) is 12.7. The largest absolute Gasteiger partial charge is 0.444 e. The highest BCUT2D eigenvalue weighted by Gasteiger charge is 2.48. The second kappa shape index (κ2) is 4.24. The zero-order valence-electron chi connectivity index (χ0n) is 10.0. The SMILES string of the molecule is CC(C)(C)OC(=O)NC1(c2csc(Br)n2)CC1. The fourth-order valence-electron chi connectivity index (χ4n) is 1.54. The molecule has 1 aromatic rings. The number of ether oxygens (including phenoxy) is 1. The van der Waals surface area contributed by atoms with Gasteiger partial charge in [-0.15, -0.1) is 11.3 Å². The van der Waals surface area contributed by atoms with Gasteiger partial charge in [-0.25, -0.2) is 9.78 Å². The van der Waals surface area contributed by atoms with Crippen LogP contribution >= 0.6 is 27.3 Å². The van der Waals surface area contributed by atoms with E-state index >= 15 is 0 Å². The second-order valence-corrected chi connectivity index (χ2v) is 7.33. The molecule has 1 fully saturated rings. The molecule has 1 aliphatic rings. The van der Waals surface area contributed by atoms with Crippen molar-refractivity contribution >= 4 is 33.4 Å². The fraction of sp³-hybridized carbons (Fsp3) is 0.636. The molecular weight excluding hydrogens is 304 g/mol. The lowest BCUT2D eigenvalue weighted by molar-refractivity contribution is 0.0494. The summed E-state index contributed by atoms with van der Waals surface area (Å²) in [4.78, 5) is 16.1. The van der Waals surface area contributed by atoms with Gasteiger partial charge in [0.05, 0.1) is 11.2 Å². The van der Waals surface area contributed by atoms with Gasteiger partial charge in [-0.2, -0.15) is 0 Å². The number of rotatable bonds is 2. The van der Waals surface area contributed by atoms with E-state index < -0.39 is 5.60 Å². The maximum absolute atomic E-state index is 11.7. The highest BCUT2D eigenvalue weighted by atomic mass is 79.9. The number of aromatic nitrogens is 1. The van der Waals surface area contributed by atoms with Crippen molar-refractivity contribution in [2.24, 2.45) is 0 Å². The molecule has 0 aliphatic heterocycles. The van der Waals surface area contributed by atoms with Crippen LogP contribution in [-0.2, 0) is 10.3 Å². The molecular formula is C11H15BrN2O2S. The minimum absolute atomic E-state index is 0.301. The molecule has 0 saturated heterocycles. The van der Waals surface area contributed by atoms with Crippen LogP contribution in [0.4, 0.5) is 4.79 Å². The normalized spacial score (nSPS) is 17.6. The molecule has 94 valence electrons. The Morgan fingerprint density at radius 2 is 2.24 bits per heavy atom. The smallest absolute Gasteiger partial charge is 0.408 e. The van der Waals surface area contributed by atoms with Crippen LogP contribution in [0.3, 0.4) is 0 Å². The molecule has 2 rings (SSSR count). The number of nitrogens with zero attached hydrogens (tertiary/aromatic N) is 1. The first-order valence-electron chi connectivity index (χ1n) is 5.43. The van der Waals surface area contributed by atoms with Gasteiger partial charge in [0.1, 0.15) is 5.60 Å². The van der Waals surface area contributed by atoms with Gasteiger partial charge in [0, 0.05) is 5.38 Å². The number of carbonyl (C=O) groups is 1. The van der Waals surface area contributed by atoms with Crippen molar-refractivity contribution in [2.45, 2.75) is 44.8 Å². The van der Waals surface area contributed by atoms with E-state index in [4.69, 9.17) is 4.74 Å². The van der Waals surface area contributed by atoms with E-state index in [1.807, 2.05) is 26.2 Å². The van der Waals surface area contributed by atoms with Crippen LogP contribution in [0.5, 0.6) is 0 Å². The van der Waals surface area contributed by atoms with E-state index in [1.54, 1.807) is 0 Å². The molecule has 0 aromatic carbocycles. The van der Waals surface area contributed by atoms with Gasteiger partial charge in [0.15, 0.2) is 3.92 Å². The maximum atomic E-state index is 11.7. The minimum atomic E-state index is -0.469. The summed E-state index contributed by atoms with van der Waals surface area (Å²) in [6, 6.07) is 0. The topological polar surface area (TPSA) is 51.2 Å². The average molecular weight is 319 g/mol. The van der Waals surface area contributed by atoms with Crippen molar-refractivity contribution in [1.82, 2.24) is 10.3 Å². The first-order valence-corrected chi connectivity index (χ1v) is 7.11. The lowest BCUT2D eigenvalue weighted by Gasteiger charge is -2.22. The van der Waals surface area contributed by atoms with Crippen molar-refractivity contribution in [3.63, 3.8) is 0 Å². The molecule has 0 atom stereocenters. The van der Waals surface area contributed by atoms with E-state index in [-0.39, 0.29) is 11.6 Å². The number of thiazole rings is 1. The molecule has 6 heteroatoms. The van der Waals surface area contributed by atoms with Crippen molar-refractivity contribution in [2.75, 3.05) is 0 Å². The Bertz CT molecular complexity index is 435. The third-order valence-corrected chi connectivity index (χ3v) is 3.82. The fourth-order valence-corrected chi connectivity index (χ4v) is 2.65. The Morgan fingerprint density at radius 3 is 2.65 bits per heavy atom. The van der Waals surface area contributed by atoms with E-state index in [0.29, 0.717) is 0 Å². The zero-order valence-corrected chi connectivity index (χ0v) is 12.4. The van der Waals surface area contributed by atoms with Crippen LogP contribution in [0.15, 0.2) is 9.30 Å². The van der Waals surface area contributed by atoms with Crippen molar-refractivity contribution in [3.8, 4) is 0 Å². The van der Waals surface area contributed by atoms with Crippen LogP contribution in [-0.4, -0.2) is 16.7 Å². The molecule has 0 unspecified atom stereocenters. The second-order valence-electron chi connectivity index (χ2n) is 5.19. The van der Waals surface area contributed by atoms with Gasteiger partial charge in [-0.05, 0) is 49.5 Å². The molecule has 4 nitrogen and oxygen atoms in total. The molecule has 17 heavy (non-hydrogen) atoms. The molecule has 0 spiro atoms. The van der Waals surface area contributed by atoms with E-state index in [9.17, 15) is 4.79 Å². The summed E-state index contributed by atoms with van der Waals surface area (Å²) in [6.07, 6.45) is 1.46. The number of nitrogens with one attached hydrogen (secondary N) is 1. The third-order valence-electron chi connectivity index (χ3n) is 2.46. The van der Waals surface area contributed by atoms with Gasteiger partial charge < -0.3 is 10.1 Å². The van der Waals surface area contributed by atoms with Crippen molar-refractivity contribution in [3.05, 3.63) is 15.0 Å². The molecule has 1 aromatic heterocycles. The molecule has 1 saturated carbocycles. The average Bonchev–Trinajstić information content (AvgIpc) is 2.77. The van der Waals surface area contributed by atoms with E-state index in [0.717, 1.165) is 22.5 Å². The van der Waals surface area contributed by atoms with Crippen LogP contribution in [0, 0.1) is 0 Å². The van der Waals surface area contributed by atoms with Crippen LogP contribution in [0.1, 0.15) is 39.3 Å². The summed E-state index contributed by atoms with van der Waals surface area (Å²) in [6.45, 7) is 5.56. The number of carbonyl (C=O) groups excluding carboxylic acids is 1. The minimum Gasteiger partial charge on any atom is -0.444 e. The Morgan fingerprint density at radius 1 is 1.59 bits per heavy atom. The number of halogens is 1. The lowest BCUT2D eigenvalue weighted by atomic mass is 10.2. The molecule has 0 bridgehead atoms. The summed E-state index contributed by atoms with van der Waals surface area (Å²) < 4.78 is 6.09. The Balaban J connectivity index is 2.02. The van der Waals surface area contributed by atoms with Crippen molar-refractivity contribution < 1.29 is 9.53 Å². The molecule has 1 amide bonds. The van der Waals surface area contributed by atoms with Gasteiger partial charge in [0.25, 0.3) is 0 Å². The van der Waals surface area contributed by atoms with E-state index in [2.05, 4.69) is 26.2 Å². The summed E-state index contributed by atoms with van der Waals surface area (Å²) in [5.74, 6) is 0. The first-order chi connectivity index (χ1) is 7.81. The van der Waals surface area contributed by atoms with Gasteiger partial charge in [0.2, 0.25) is 0 Å². The predicted octanol–water partition coefficient (Wildman–Crippen LogP) is 3.42. The molecule has 0 radical (unpaired) electrons. The third kappa shape index (κ3) is 3.19. The predicted molar refractivity (Wildman–Crippen MR) is 70.1 cm³/mol. The number of hydrogen-bond acceptors (Lipinski definition) is 4. The maximum Gasteiger partial charge on any atom is 0.408 e. The standard InChI is InChI=1S/C11H15BrN2O2S/c1-10(2,3)16-9(15)14-11(4-5-11)7-6-17-8(12)13-7/h6H,4-5H2,1-3H3,(H,14,15). The van der Waals surface area contributed by atoms with Crippen LogP contribution in [0.25, 0.3) is 0 Å². The molecule has 1 heterocycles. The summed E-state index contributed by atoms with van der Waals surface area (Å²) in [7, 11) is 0. The van der Waals surface area contributed by atoms with Gasteiger partial charge in [-0.1, -0.05) is 0 Å². The lowest BCUT2D eigenvalue weighted by Crippen LogP contribution is -2.39. The van der Waals surface area contributed by atoms with Gasteiger partial charge >= 0.3 is 6.09 Å². The quantitative estimate of drug-likeness (QED) is 0.909. The molecule has 1 N–H and O–H groups in total.